The van der Waals surface area contributed by atoms with E-state index < -0.39 is 36.5 Å². The van der Waals surface area contributed by atoms with Crippen molar-refractivity contribution in [1.82, 2.24) is 14.8 Å². The fourth-order valence-electron chi connectivity index (χ4n) is 4.70. The molecule has 3 heterocycles. The Kier molecular flexibility index (Phi) is 6.19. The van der Waals surface area contributed by atoms with Gasteiger partial charge in [-0.05, 0) is 26.0 Å². The van der Waals surface area contributed by atoms with Gasteiger partial charge in [-0.15, -0.1) is 0 Å². The highest BCUT2D eigenvalue weighted by molar-refractivity contribution is 5.80. The van der Waals surface area contributed by atoms with Crippen molar-refractivity contribution in [3.8, 4) is 0 Å². The van der Waals surface area contributed by atoms with Crippen LogP contribution in [0.25, 0.3) is 6.08 Å². The standard InChI is InChI=1S/C20H26F3N3O3/c1-3-5-12-6-7-14-17-16(18(28)24-4-2)13(11-27)15(10-26(14)19(12)29)25(17)9-8-20(21,22)23/h3,5-7,13,15-17,27H,4,8-11H2,1-2H3,(H,24,28)/b5-3-/t13-,15-,16+,17+/m0/s1. The van der Waals surface area contributed by atoms with Gasteiger partial charge in [0.2, 0.25) is 5.91 Å². The number of aromatic nitrogens is 1. The van der Waals surface area contributed by atoms with Crippen LogP contribution in [0.5, 0.6) is 0 Å². The van der Waals surface area contributed by atoms with Crippen LogP contribution >= 0.6 is 0 Å². The number of amides is 1. The van der Waals surface area contributed by atoms with Crippen molar-refractivity contribution in [2.75, 3.05) is 19.7 Å². The van der Waals surface area contributed by atoms with E-state index in [1.165, 1.54) is 0 Å². The molecule has 160 valence electrons. The van der Waals surface area contributed by atoms with Gasteiger partial charge in [-0.3, -0.25) is 14.5 Å². The van der Waals surface area contributed by atoms with Crippen LogP contribution in [-0.4, -0.2) is 52.4 Å². The maximum Gasteiger partial charge on any atom is 0.390 e. The van der Waals surface area contributed by atoms with Gasteiger partial charge < -0.3 is 15.0 Å². The highest BCUT2D eigenvalue weighted by Gasteiger charge is 2.55. The molecule has 6 nitrogen and oxygen atoms in total. The predicted molar refractivity (Wildman–Crippen MR) is 102 cm³/mol. The molecular formula is C20H26F3N3O3. The number of halogens is 3. The molecule has 1 aromatic heterocycles. The third-order valence-corrected chi connectivity index (χ3v) is 5.85. The van der Waals surface area contributed by atoms with Crippen LogP contribution in [0.15, 0.2) is 23.0 Å². The minimum Gasteiger partial charge on any atom is -0.396 e. The lowest BCUT2D eigenvalue weighted by molar-refractivity contribution is -0.140. The maximum atomic E-state index is 12.9. The van der Waals surface area contributed by atoms with Gasteiger partial charge >= 0.3 is 6.18 Å². The number of rotatable bonds is 6. The van der Waals surface area contributed by atoms with Crippen LogP contribution in [0.1, 0.15) is 37.6 Å². The molecule has 1 amide bonds. The second-order valence-electron chi connectivity index (χ2n) is 7.51. The summed E-state index contributed by atoms with van der Waals surface area (Å²) in [6.07, 6.45) is -1.92. The molecule has 0 aliphatic carbocycles. The number of aliphatic hydroxyl groups excluding tert-OH is 1. The van der Waals surface area contributed by atoms with Crippen molar-refractivity contribution in [2.24, 2.45) is 11.8 Å². The first kappa shape index (κ1) is 21.6. The molecule has 29 heavy (non-hydrogen) atoms. The second-order valence-corrected chi connectivity index (χ2v) is 7.51. The van der Waals surface area contributed by atoms with Crippen LogP contribution in [0, 0.1) is 11.8 Å². The number of carbonyl (C=O) groups excluding carboxylic acids is 1. The van der Waals surface area contributed by atoms with Crippen LogP contribution in [0.3, 0.4) is 0 Å². The number of nitrogens with zero attached hydrogens (tertiary/aromatic N) is 2. The zero-order valence-corrected chi connectivity index (χ0v) is 16.4. The summed E-state index contributed by atoms with van der Waals surface area (Å²) in [5.74, 6) is -1.59. The first-order valence-corrected chi connectivity index (χ1v) is 9.81. The molecule has 2 bridgehead atoms. The molecule has 1 aromatic rings. The van der Waals surface area contributed by atoms with Gasteiger partial charge in [0.05, 0.1) is 18.4 Å². The van der Waals surface area contributed by atoms with E-state index in [4.69, 9.17) is 0 Å². The van der Waals surface area contributed by atoms with Gasteiger partial charge in [0.1, 0.15) is 0 Å². The Hall–Kier alpha value is -2.13. The van der Waals surface area contributed by atoms with Crippen molar-refractivity contribution >= 4 is 12.0 Å². The van der Waals surface area contributed by atoms with Crippen molar-refractivity contribution in [2.45, 2.75) is 45.1 Å². The van der Waals surface area contributed by atoms with Crippen molar-refractivity contribution < 1.29 is 23.1 Å². The number of hydrogen-bond donors (Lipinski definition) is 2. The number of fused-ring (bicyclic) bond motifs is 4. The summed E-state index contributed by atoms with van der Waals surface area (Å²) in [7, 11) is 0. The number of hydrogen-bond acceptors (Lipinski definition) is 4. The minimum absolute atomic E-state index is 0.148. The van der Waals surface area contributed by atoms with Crippen molar-refractivity contribution in [3.05, 3.63) is 39.8 Å². The molecule has 2 aliphatic heterocycles. The van der Waals surface area contributed by atoms with Gasteiger partial charge in [-0.25, -0.2) is 0 Å². The van der Waals surface area contributed by atoms with E-state index in [0.717, 1.165) is 0 Å². The lowest BCUT2D eigenvalue weighted by Crippen LogP contribution is -2.47. The molecule has 2 N–H and O–H groups in total. The Labute approximate surface area is 167 Å². The number of alkyl halides is 3. The molecule has 9 heteroatoms. The Morgan fingerprint density at radius 3 is 2.69 bits per heavy atom. The first-order chi connectivity index (χ1) is 13.7. The third-order valence-electron chi connectivity index (χ3n) is 5.85. The van der Waals surface area contributed by atoms with E-state index >= 15 is 0 Å². The summed E-state index contributed by atoms with van der Waals surface area (Å²) in [5, 5.41) is 12.7. The number of nitrogens with one attached hydrogen (secondary N) is 1. The topological polar surface area (TPSA) is 74.6 Å². The Morgan fingerprint density at radius 1 is 1.38 bits per heavy atom. The van der Waals surface area contributed by atoms with E-state index in [1.54, 1.807) is 47.6 Å². The summed E-state index contributed by atoms with van der Waals surface area (Å²) in [6, 6.07) is 2.14. The van der Waals surface area contributed by atoms with Crippen LogP contribution < -0.4 is 10.9 Å². The zero-order chi connectivity index (χ0) is 21.3. The van der Waals surface area contributed by atoms with Crippen molar-refractivity contribution in [1.29, 1.82) is 0 Å². The molecule has 2 aliphatic rings. The summed E-state index contributed by atoms with van der Waals surface area (Å²) >= 11 is 0. The molecule has 1 saturated heterocycles. The van der Waals surface area contributed by atoms with E-state index in [-0.39, 0.29) is 31.2 Å². The van der Waals surface area contributed by atoms with Gasteiger partial charge in [0.25, 0.3) is 5.56 Å². The number of aliphatic hydroxyl groups is 1. The SMILES string of the molecule is C/C=C\c1ccc2n(c1=O)C[C@H]1[C@H](CO)[C@@H](C(=O)NCC)[C@@H]2N1CCC(F)(F)F. The summed E-state index contributed by atoms with van der Waals surface area (Å²) in [5.41, 5.74) is 0.766. The van der Waals surface area contributed by atoms with Crippen molar-refractivity contribution in [3.63, 3.8) is 0 Å². The summed E-state index contributed by atoms with van der Waals surface area (Å²) in [6.45, 7) is 3.46. The van der Waals surface area contributed by atoms with Gasteiger partial charge in [-0.1, -0.05) is 12.2 Å². The van der Waals surface area contributed by atoms with Crippen LogP contribution in [0.2, 0.25) is 0 Å². The summed E-state index contributed by atoms with van der Waals surface area (Å²) < 4.78 is 40.3. The number of pyridine rings is 1. The van der Waals surface area contributed by atoms with E-state index in [9.17, 15) is 27.9 Å². The molecule has 4 atom stereocenters. The third kappa shape index (κ3) is 3.98. The molecule has 0 saturated carbocycles. The van der Waals surface area contributed by atoms with Crippen LogP contribution in [-0.2, 0) is 11.3 Å². The minimum atomic E-state index is -4.33. The normalized spacial score (nSPS) is 26.7. The van der Waals surface area contributed by atoms with Gasteiger partial charge in [0, 0.05) is 49.5 Å². The molecule has 0 unspecified atom stereocenters. The van der Waals surface area contributed by atoms with E-state index in [1.807, 2.05) is 0 Å². The number of carbonyl (C=O) groups is 1. The highest BCUT2D eigenvalue weighted by Crippen LogP contribution is 2.48. The highest BCUT2D eigenvalue weighted by atomic mass is 19.4. The maximum absolute atomic E-state index is 12.9. The predicted octanol–water partition coefficient (Wildman–Crippen LogP) is 1.93. The smallest absolute Gasteiger partial charge is 0.390 e. The molecule has 3 rings (SSSR count). The Balaban J connectivity index is 2.10. The number of allylic oxidation sites excluding steroid dienone is 1. The Bertz CT molecular complexity index is 850. The average Bonchev–Trinajstić information content (AvgIpc) is 2.88. The lowest BCUT2D eigenvalue weighted by Gasteiger charge is -2.38. The zero-order valence-electron chi connectivity index (χ0n) is 16.4. The molecular weight excluding hydrogens is 387 g/mol. The molecule has 0 spiro atoms. The molecule has 1 fully saturated rings. The fourth-order valence-corrected chi connectivity index (χ4v) is 4.70. The van der Waals surface area contributed by atoms with Gasteiger partial charge in [0.15, 0.2) is 0 Å². The lowest BCUT2D eigenvalue weighted by atomic mass is 9.86. The van der Waals surface area contributed by atoms with Gasteiger partial charge in [-0.2, -0.15) is 13.2 Å². The molecule has 0 radical (unpaired) electrons. The fraction of sp³-hybridized carbons (Fsp3) is 0.600. The monoisotopic (exact) mass is 413 g/mol. The average molecular weight is 413 g/mol. The quantitative estimate of drug-likeness (QED) is 0.748. The second kappa shape index (κ2) is 8.31. The van der Waals surface area contributed by atoms with E-state index in [2.05, 4.69) is 5.32 Å². The summed E-state index contributed by atoms with van der Waals surface area (Å²) in [4.78, 5) is 27.3. The van der Waals surface area contributed by atoms with E-state index in [0.29, 0.717) is 17.8 Å². The molecule has 0 aromatic carbocycles. The first-order valence-electron chi connectivity index (χ1n) is 9.81. The Morgan fingerprint density at radius 2 is 2.10 bits per heavy atom. The van der Waals surface area contributed by atoms with Crippen LogP contribution in [0.4, 0.5) is 13.2 Å². The largest absolute Gasteiger partial charge is 0.396 e.